The molecule has 1 aromatic heterocycles. The van der Waals surface area contributed by atoms with Gasteiger partial charge >= 0.3 is 0 Å². The summed E-state index contributed by atoms with van der Waals surface area (Å²) in [5, 5.41) is 7.51. The molecule has 0 bridgehead atoms. The zero-order valence-corrected chi connectivity index (χ0v) is 16.5. The number of benzene rings is 1. The average Bonchev–Trinajstić information content (AvgIpc) is 3.43. The predicted octanol–water partition coefficient (Wildman–Crippen LogP) is 2.36. The van der Waals surface area contributed by atoms with E-state index < -0.39 is 0 Å². The van der Waals surface area contributed by atoms with E-state index in [0.29, 0.717) is 6.54 Å². The van der Waals surface area contributed by atoms with Crippen molar-refractivity contribution in [3.05, 3.63) is 47.9 Å². The van der Waals surface area contributed by atoms with Crippen LogP contribution in [0.4, 0.5) is 0 Å². The molecule has 0 radical (unpaired) electrons. The number of para-hydroxylation sites is 1. The lowest BCUT2D eigenvalue weighted by Crippen LogP contribution is -2.52. The van der Waals surface area contributed by atoms with Crippen LogP contribution in [0.5, 0.6) is 5.75 Å². The first-order valence-corrected chi connectivity index (χ1v) is 10.1. The maximum Gasteiger partial charge on any atom is 0.194 e. The van der Waals surface area contributed by atoms with E-state index in [1.165, 1.54) is 18.4 Å². The van der Waals surface area contributed by atoms with Crippen molar-refractivity contribution in [2.75, 3.05) is 39.8 Å². The Hall–Kier alpha value is -2.54. The Labute approximate surface area is 166 Å². The molecular weight excluding hydrogens is 354 g/mol. The van der Waals surface area contributed by atoms with Gasteiger partial charge in [0.2, 0.25) is 0 Å². The molecule has 1 aliphatic carbocycles. The highest BCUT2D eigenvalue weighted by Crippen LogP contribution is 2.30. The lowest BCUT2D eigenvalue weighted by molar-refractivity contribution is 0.169. The lowest BCUT2D eigenvalue weighted by Gasteiger charge is -2.36. The lowest BCUT2D eigenvalue weighted by atomic mass is 10.2. The van der Waals surface area contributed by atoms with Crippen molar-refractivity contribution in [3.8, 4) is 5.75 Å². The monoisotopic (exact) mass is 383 g/mol. The average molecular weight is 383 g/mol. The normalized spacial score (nSPS) is 18.3. The number of rotatable bonds is 7. The van der Waals surface area contributed by atoms with Crippen LogP contribution in [0.2, 0.25) is 0 Å². The van der Waals surface area contributed by atoms with E-state index >= 15 is 0 Å². The van der Waals surface area contributed by atoms with Crippen molar-refractivity contribution in [1.29, 1.82) is 0 Å². The maximum absolute atomic E-state index is 6.02. The molecule has 2 aliphatic rings. The van der Waals surface area contributed by atoms with Gasteiger partial charge in [0, 0.05) is 57.9 Å². The molecule has 0 unspecified atom stereocenters. The van der Waals surface area contributed by atoms with Crippen LogP contribution in [-0.2, 0) is 13.1 Å². The Morgan fingerprint density at radius 1 is 1.21 bits per heavy atom. The number of nitrogens with one attached hydrogen (secondary N) is 1. The van der Waals surface area contributed by atoms with Gasteiger partial charge in [0.15, 0.2) is 5.96 Å². The molecule has 2 fully saturated rings. The van der Waals surface area contributed by atoms with E-state index in [1.54, 1.807) is 6.26 Å². The van der Waals surface area contributed by atoms with Gasteiger partial charge in [-0.25, -0.2) is 0 Å². The van der Waals surface area contributed by atoms with Gasteiger partial charge in [0.25, 0.3) is 0 Å². The summed E-state index contributed by atoms with van der Waals surface area (Å²) in [6.45, 7) is 6.23. The van der Waals surface area contributed by atoms with Gasteiger partial charge in [-0.15, -0.1) is 0 Å². The van der Waals surface area contributed by atoms with Gasteiger partial charge in [-0.3, -0.25) is 9.89 Å². The minimum absolute atomic E-state index is 0.715. The number of nitrogens with zero attached hydrogens (tertiary/aromatic N) is 4. The van der Waals surface area contributed by atoms with E-state index in [2.05, 4.69) is 43.5 Å². The molecule has 7 nitrogen and oxygen atoms in total. The number of ether oxygens (including phenoxy) is 1. The first-order chi connectivity index (χ1) is 13.8. The van der Waals surface area contributed by atoms with Gasteiger partial charge in [0.1, 0.15) is 12.0 Å². The summed E-state index contributed by atoms with van der Waals surface area (Å²) in [6, 6.07) is 10.2. The molecule has 0 atom stereocenters. The summed E-state index contributed by atoms with van der Waals surface area (Å²) in [5.41, 5.74) is 2.16. The fourth-order valence-corrected chi connectivity index (χ4v) is 3.46. The number of piperazine rings is 1. The van der Waals surface area contributed by atoms with Gasteiger partial charge in [0.05, 0.1) is 12.3 Å². The zero-order valence-electron chi connectivity index (χ0n) is 16.5. The fourth-order valence-electron chi connectivity index (χ4n) is 3.46. The molecule has 150 valence electrons. The van der Waals surface area contributed by atoms with Gasteiger partial charge in [-0.1, -0.05) is 23.4 Å². The van der Waals surface area contributed by atoms with Crippen LogP contribution in [0.1, 0.15) is 24.1 Å². The molecular formula is C21H29N5O2. The highest BCUT2D eigenvalue weighted by Gasteiger charge is 2.23. The first-order valence-electron chi connectivity index (χ1n) is 10.1. The summed E-state index contributed by atoms with van der Waals surface area (Å²) < 4.78 is 10.9. The Morgan fingerprint density at radius 2 is 2.04 bits per heavy atom. The Morgan fingerprint density at radius 3 is 2.75 bits per heavy atom. The molecule has 1 saturated carbocycles. The smallest absolute Gasteiger partial charge is 0.194 e. The van der Waals surface area contributed by atoms with E-state index in [4.69, 9.17) is 9.26 Å². The maximum atomic E-state index is 6.02. The summed E-state index contributed by atoms with van der Waals surface area (Å²) >= 11 is 0. The molecule has 28 heavy (non-hydrogen) atoms. The summed E-state index contributed by atoms with van der Waals surface area (Å²) in [5.74, 6) is 2.68. The number of hydrogen-bond donors (Lipinski definition) is 1. The van der Waals surface area contributed by atoms with Gasteiger partial charge < -0.3 is 19.5 Å². The van der Waals surface area contributed by atoms with Crippen LogP contribution in [0.25, 0.3) is 0 Å². The third kappa shape index (κ3) is 5.04. The van der Waals surface area contributed by atoms with Crippen LogP contribution in [-0.4, -0.2) is 60.7 Å². The number of aliphatic imine (C=N–C) groups is 1. The van der Waals surface area contributed by atoms with Gasteiger partial charge in [-0.05, 0) is 24.8 Å². The van der Waals surface area contributed by atoms with E-state index in [-0.39, 0.29) is 0 Å². The second-order valence-corrected chi connectivity index (χ2v) is 7.52. The molecule has 7 heteroatoms. The zero-order chi connectivity index (χ0) is 19.2. The van der Waals surface area contributed by atoms with Crippen molar-refractivity contribution in [3.63, 3.8) is 0 Å². The molecule has 0 amide bonds. The quantitative estimate of drug-likeness (QED) is 0.585. The van der Waals surface area contributed by atoms with Crippen molar-refractivity contribution in [2.45, 2.75) is 25.9 Å². The van der Waals surface area contributed by atoms with E-state index in [0.717, 1.165) is 62.7 Å². The van der Waals surface area contributed by atoms with Crippen molar-refractivity contribution in [2.24, 2.45) is 10.9 Å². The van der Waals surface area contributed by atoms with E-state index in [9.17, 15) is 0 Å². The van der Waals surface area contributed by atoms with Crippen LogP contribution in [0.3, 0.4) is 0 Å². The Bertz CT molecular complexity index is 765. The minimum Gasteiger partial charge on any atom is -0.493 e. The van der Waals surface area contributed by atoms with Crippen LogP contribution in [0, 0.1) is 5.92 Å². The molecule has 4 rings (SSSR count). The highest BCUT2D eigenvalue weighted by atomic mass is 16.5. The number of guanidine groups is 1. The highest BCUT2D eigenvalue weighted by molar-refractivity contribution is 5.80. The second-order valence-electron chi connectivity index (χ2n) is 7.52. The summed E-state index contributed by atoms with van der Waals surface area (Å²) in [7, 11) is 1.85. The minimum atomic E-state index is 0.715. The first kappa shape index (κ1) is 18.8. The van der Waals surface area contributed by atoms with Crippen LogP contribution in [0.15, 0.2) is 46.1 Å². The molecule has 1 saturated heterocycles. The third-order valence-electron chi connectivity index (χ3n) is 5.34. The van der Waals surface area contributed by atoms with E-state index in [1.807, 2.05) is 19.2 Å². The van der Waals surface area contributed by atoms with Crippen LogP contribution >= 0.6 is 0 Å². The number of aromatic nitrogens is 1. The Kier molecular flexibility index (Phi) is 6.11. The fraction of sp³-hybridized carbons (Fsp3) is 0.524. The third-order valence-corrected chi connectivity index (χ3v) is 5.34. The Balaban J connectivity index is 1.27. The standard InChI is InChI=1S/C21H29N5O2/c1-22-21(26-11-9-25(10-12-26)15-19-8-13-28-24-19)23-14-18-4-2-3-5-20(18)27-16-17-6-7-17/h2-5,8,13,17H,6-7,9-12,14-16H2,1H3,(H,22,23). The predicted molar refractivity (Wildman–Crippen MR) is 108 cm³/mol. The largest absolute Gasteiger partial charge is 0.493 e. The van der Waals surface area contributed by atoms with Crippen molar-refractivity contribution >= 4 is 5.96 Å². The molecule has 1 aliphatic heterocycles. The summed E-state index contributed by atoms with van der Waals surface area (Å²) in [6.07, 6.45) is 4.23. The molecule has 2 heterocycles. The molecule has 2 aromatic rings. The number of hydrogen-bond acceptors (Lipinski definition) is 5. The molecule has 1 aromatic carbocycles. The van der Waals surface area contributed by atoms with Gasteiger partial charge in [-0.2, -0.15) is 0 Å². The summed E-state index contributed by atoms with van der Waals surface area (Å²) in [4.78, 5) is 9.19. The topological polar surface area (TPSA) is 66.1 Å². The second kappa shape index (κ2) is 9.10. The molecule has 0 spiro atoms. The van der Waals surface area contributed by atoms with Crippen LogP contribution < -0.4 is 10.1 Å². The molecule has 1 N–H and O–H groups in total. The van der Waals surface area contributed by atoms with Crippen molar-refractivity contribution in [1.82, 2.24) is 20.3 Å². The van der Waals surface area contributed by atoms with Crippen molar-refractivity contribution < 1.29 is 9.26 Å². The SMILES string of the molecule is CN=C(NCc1ccccc1OCC1CC1)N1CCN(Cc2ccon2)CC1.